The summed E-state index contributed by atoms with van der Waals surface area (Å²) >= 11 is 0. The summed E-state index contributed by atoms with van der Waals surface area (Å²) in [6, 6.07) is 7.35. The van der Waals surface area contributed by atoms with Crippen molar-refractivity contribution in [3.05, 3.63) is 41.8 Å². The van der Waals surface area contributed by atoms with Crippen LogP contribution in [0, 0.1) is 6.92 Å². The van der Waals surface area contributed by atoms with Crippen LogP contribution in [0.4, 0.5) is 0 Å². The number of unbranched alkanes of at least 4 members (excludes halogenated alkanes) is 20. The van der Waals surface area contributed by atoms with Crippen LogP contribution in [-0.4, -0.2) is 0 Å². The monoisotopic (exact) mass is 469 g/mol. The summed E-state index contributed by atoms with van der Waals surface area (Å²) in [4.78, 5) is 0. The van der Waals surface area contributed by atoms with Gasteiger partial charge in [0.1, 0.15) is 0 Å². The molecule has 0 saturated carbocycles. The van der Waals surface area contributed by atoms with Crippen molar-refractivity contribution in [3.63, 3.8) is 0 Å². The van der Waals surface area contributed by atoms with Crippen LogP contribution in [0.25, 0.3) is 0 Å². The van der Waals surface area contributed by atoms with Gasteiger partial charge in [-0.2, -0.15) is 0 Å². The largest absolute Gasteiger partial charge is 0.0654 e. The molecule has 1 rings (SSSR count). The molecule has 197 valence electrons. The van der Waals surface area contributed by atoms with Gasteiger partial charge >= 0.3 is 0 Å². The molecule has 0 bridgehead atoms. The van der Waals surface area contributed by atoms with E-state index in [2.05, 4.69) is 39.0 Å². The molecule has 0 nitrogen and oxygen atoms in total. The molecule has 1 aromatic carbocycles. The molecule has 0 aliphatic carbocycles. The third-order valence-electron chi connectivity index (χ3n) is 7.54. The Hall–Kier alpha value is -0.780. The summed E-state index contributed by atoms with van der Waals surface area (Å²) in [5.74, 6) is 0. The first-order valence-corrected chi connectivity index (χ1v) is 15.7. The maximum Gasteiger partial charge on any atom is -0.0279 e. The maximum atomic E-state index is 4.16. The van der Waals surface area contributed by atoms with Crippen LogP contribution in [-0.2, 0) is 19.3 Å². The zero-order chi connectivity index (χ0) is 24.5. The molecule has 1 aromatic rings. The number of rotatable bonds is 25. The van der Waals surface area contributed by atoms with Crippen molar-refractivity contribution < 1.29 is 0 Å². The zero-order valence-electron chi connectivity index (χ0n) is 23.6. The molecular weight excluding hydrogens is 408 g/mol. The summed E-state index contributed by atoms with van der Waals surface area (Å²) < 4.78 is 0. The van der Waals surface area contributed by atoms with Gasteiger partial charge in [-0.1, -0.05) is 160 Å². The molecule has 0 unspecified atom stereocenters. The van der Waals surface area contributed by atoms with Crippen LogP contribution in [0.3, 0.4) is 0 Å². The summed E-state index contributed by atoms with van der Waals surface area (Å²) in [7, 11) is 0. The second-order valence-electron chi connectivity index (χ2n) is 11.0. The van der Waals surface area contributed by atoms with Gasteiger partial charge in [-0.05, 0) is 55.7 Å². The van der Waals surface area contributed by atoms with Crippen LogP contribution in [0.2, 0.25) is 0 Å². The highest BCUT2D eigenvalue weighted by molar-refractivity contribution is 5.31. The van der Waals surface area contributed by atoms with Gasteiger partial charge in [-0.25, -0.2) is 0 Å². The van der Waals surface area contributed by atoms with Crippen LogP contribution < -0.4 is 0 Å². The first-order chi connectivity index (χ1) is 16.8. The fourth-order valence-corrected chi connectivity index (χ4v) is 5.26. The van der Waals surface area contributed by atoms with E-state index in [1.165, 1.54) is 160 Å². The van der Waals surface area contributed by atoms with Gasteiger partial charge in [0.25, 0.3) is 0 Å². The third-order valence-corrected chi connectivity index (χ3v) is 7.54. The average molecular weight is 470 g/mol. The number of hydrogen-bond acceptors (Lipinski definition) is 0. The van der Waals surface area contributed by atoms with Gasteiger partial charge in [0.2, 0.25) is 0 Å². The first kappa shape index (κ1) is 31.3. The molecule has 0 aliphatic heterocycles. The lowest BCUT2D eigenvalue weighted by Crippen LogP contribution is -1.95. The van der Waals surface area contributed by atoms with Crippen molar-refractivity contribution in [2.45, 2.75) is 174 Å². The topological polar surface area (TPSA) is 0 Å². The molecule has 1 radical (unpaired) electrons. The lowest BCUT2D eigenvalue weighted by atomic mass is 9.96. The van der Waals surface area contributed by atoms with Gasteiger partial charge < -0.3 is 0 Å². The van der Waals surface area contributed by atoms with E-state index < -0.39 is 0 Å². The Labute approximate surface area is 216 Å². The highest BCUT2D eigenvalue weighted by atomic mass is 14.1. The summed E-state index contributed by atoms with van der Waals surface area (Å²) in [5.41, 5.74) is 4.57. The van der Waals surface area contributed by atoms with Crippen molar-refractivity contribution in [2.24, 2.45) is 0 Å². The highest BCUT2D eigenvalue weighted by Gasteiger charge is 2.02. The Kier molecular flexibility index (Phi) is 22.0. The third kappa shape index (κ3) is 18.5. The van der Waals surface area contributed by atoms with E-state index >= 15 is 0 Å². The van der Waals surface area contributed by atoms with Gasteiger partial charge in [0, 0.05) is 0 Å². The van der Waals surface area contributed by atoms with Gasteiger partial charge in [-0.3, -0.25) is 0 Å². The molecular formula is C34H61. The normalized spacial score (nSPS) is 11.4. The van der Waals surface area contributed by atoms with E-state index in [0.29, 0.717) is 0 Å². The lowest BCUT2D eigenvalue weighted by Gasteiger charge is -2.10. The Morgan fingerprint density at radius 3 is 0.941 bits per heavy atom. The van der Waals surface area contributed by atoms with Crippen molar-refractivity contribution in [2.75, 3.05) is 0 Å². The van der Waals surface area contributed by atoms with Gasteiger partial charge in [0.05, 0.1) is 0 Å². The molecule has 0 aromatic heterocycles. The fraction of sp³-hybridized carbons (Fsp3) is 0.794. The molecule has 0 amide bonds. The average Bonchev–Trinajstić information content (AvgIpc) is 2.85. The van der Waals surface area contributed by atoms with E-state index in [9.17, 15) is 0 Å². The molecule has 34 heavy (non-hydrogen) atoms. The van der Waals surface area contributed by atoms with E-state index in [1.54, 1.807) is 11.1 Å². The minimum absolute atomic E-state index is 0.928. The standard InChI is InChI=1S/C34H61/c1-4-7-9-11-13-15-17-19-21-23-25-27-33-29-32(6-3)30-34(31-33)28-26-24-22-20-18-16-14-12-10-8-5-2/h29-31H,3-28H2,1-2H3. The van der Waals surface area contributed by atoms with E-state index in [0.717, 1.165) is 6.42 Å². The predicted octanol–water partition coefficient (Wildman–Crippen LogP) is 11.8. The van der Waals surface area contributed by atoms with Crippen molar-refractivity contribution in [1.29, 1.82) is 0 Å². The van der Waals surface area contributed by atoms with Gasteiger partial charge in [-0.15, -0.1) is 0 Å². The summed E-state index contributed by atoms with van der Waals surface area (Å²) in [6.45, 7) is 8.76. The molecule has 0 heterocycles. The highest BCUT2D eigenvalue weighted by Crippen LogP contribution is 2.18. The van der Waals surface area contributed by atoms with E-state index in [-0.39, 0.29) is 0 Å². The second kappa shape index (κ2) is 23.9. The summed E-state index contributed by atoms with van der Waals surface area (Å²) in [5, 5.41) is 0. The Morgan fingerprint density at radius 2 is 0.647 bits per heavy atom. The van der Waals surface area contributed by atoms with E-state index in [4.69, 9.17) is 0 Å². The zero-order valence-corrected chi connectivity index (χ0v) is 23.6. The SMILES string of the molecule is [CH2]Cc1cc(CCCCCCCCCCCCC)cc(CCCCCCCCCCCCC)c1. The second-order valence-corrected chi connectivity index (χ2v) is 11.0. The molecule has 0 saturated heterocycles. The Bertz CT molecular complexity index is 499. The van der Waals surface area contributed by atoms with E-state index in [1.807, 2.05) is 0 Å². The maximum absolute atomic E-state index is 4.16. The number of benzene rings is 1. The molecule has 0 atom stereocenters. The molecule has 0 fully saturated rings. The Morgan fingerprint density at radius 1 is 0.382 bits per heavy atom. The van der Waals surface area contributed by atoms with Crippen LogP contribution in [0.1, 0.15) is 172 Å². The molecule has 0 N–H and O–H groups in total. The minimum Gasteiger partial charge on any atom is -0.0654 e. The van der Waals surface area contributed by atoms with Gasteiger partial charge in [0.15, 0.2) is 0 Å². The smallest absolute Gasteiger partial charge is 0.0279 e. The lowest BCUT2D eigenvalue weighted by molar-refractivity contribution is 0.548. The van der Waals surface area contributed by atoms with Crippen molar-refractivity contribution in [1.82, 2.24) is 0 Å². The quantitative estimate of drug-likeness (QED) is 0.125. The van der Waals surface area contributed by atoms with Crippen molar-refractivity contribution >= 4 is 0 Å². The minimum atomic E-state index is 0.928. The molecule has 0 heteroatoms. The van der Waals surface area contributed by atoms with Crippen molar-refractivity contribution in [3.8, 4) is 0 Å². The number of aryl methyl sites for hydroxylation is 2. The molecule has 0 spiro atoms. The fourth-order valence-electron chi connectivity index (χ4n) is 5.26. The van der Waals surface area contributed by atoms with Crippen LogP contribution in [0.5, 0.6) is 0 Å². The Balaban J connectivity index is 2.10. The predicted molar refractivity (Wildman–Crippen MR) is 156 cm³/mol. The molecule has 0 aliphatic rings. The summed E-state index contributed by atoms with van der Waals surface area (Å²) in [6.07, 6.45) is 34.8. The number of hydrogen-bond donors (Lipinski definition) is 0. The van der Waals surface area contributed by atoms with Crippen LogP contribution in [0.15, 0.2) is 18.2 Å². The van der Waals surface area contributed by atoms with Crippen LogP contribution >= 0.6 is 0 Å². The first-order valence-electron chi connectivity index (χ1n) is 15.7.